The lowest BCUT2D eigenvalue weighted by atomic mass is 9.92. The molecule has 3 aliphatic rings. The second-order valence-electron chi connectivity index (χ2n) is 8.89. The number of aliphatic imine (C=N–C) groups is 1. The van der Waals surface area contributed by atoms with Crippen LogP contribution in [0.1, 0.15) is 24.0 Å². The zero-order valence-electron chi connectivity index (χ0n) is 19.8. The highest BCUT2D eigenvalue weighted by Crippen LogP contribution is 2.25. The third-order valence-electron chi connectivity index (χ3n) is 6.24. The number of ether oxygens (including phenoxy) is 1. The van der Waals surface area contributed by atoms with E-state index in [1.165, 1.54) is 5.57 Å². The number of benzene rings is 1. The molecule has 2 amide bonds. The lowest BCUT2D eigenvalue weighted by molar-refractivity contribution is 0.240. The zero-order chi connectivity index (χ0) is 24.3. The van der Waals surface area contributed by atoms with Crippen molar-refractivity contribution in [2.24, 2.45) is 10.9 Å². The van der Waals surface area contributed by atoms with Gasteiger partial charge in [-0.2, -0.15) is 0 Å². The first-order valence-corrected chi connectivity index (χ1v) is 11.3. The maximum Gasteiger partial charge on any atom is 0.320 e. The van der Waals surface area contributed by atoms with E-state index in [1.807, 2.05) is 31.3 Å². The highest BCUT2D eigenvalue weighted by molar-refractivity contribution is 6.01. The molecule has 0 bridgehead atoms. The van der Waals surface area contributed by atoms with E-state index in [1.54, 1.807) is 7.11 Å². The second-order valence-corrected chi connectivity index (χ2v) is 8.89. The number of piperidine rings is 1. The molecule has 7 nitrogen and oxygen atoms in total. The zero-order valence-corrected chi connectivity index (χ0v) is 19.8. The Morgan fingerprint density at radius 1 is 1.32 bits per heavy atom. The van der Waals surface area contributed by atoms with Gasteiger partial charge >= 0.3 is 6.03 Å². The monoisotopic (exact) mass is 457 g/mol. The topological polar surface area (TPSA) is 78.0 Å². The Labute approximate surface area is 201 Å². The van der Waals surface area contributed by atoms with Gasteiger partial charge in [-0.05, 0) is 48.7 Å². The first kappa shape index (κ1) is 23.4. The smallest absolute Gasteiger partial charge is 0.320 e. The van der Waals surface area contributed by atoms with Crippen LogP contribution in [0.25, 0.3) is 6.08 Å². The van der Waals surface area contributed by atoms with Gasteiger partial charge in [-0.1, -0.05) is 49.8 Å². The molecule has 2 atom stereocenters. The largest absolute Gasteiger partial charge is 0.497 e. The van der Waals surface area contributed by atoms with Crippen LogP contribution in [0.3, 0.4) is 0 Å². The maximum atomic E-state index is 12.2. The Bertz CT molecular complexity index is 1170. The number of hydrogen-bond acceptors (Lipinski definition) is 5. The summed E-state index contributed by atoms with van der Waals surface area (Å²) in [5.41, 5.74) is 3.94. The van der Waals surface area contributed by atoms with Gasteiger partial charge in [-0.15, -0.1) is 0 Å². The number of nitrogens with one attached hydrogen (secondary N) is 3. The Morgan fingerprint density at radius 3 is 2.85 bits per heavy atom. The van der Waals surface area contributed by atoms with Crippen LogP contribution < -0.4 is 20.7 Å². The first-order valence-electron chi connectivity index (χ1n) is 11.3. The number of methoxy groups -OCH3 is 1. The fraction of sp³-hybridized carbons (Fsp3) is 0.333. The van der Waals surface area contributed by atoms with Crippen molar-refractivity contribution in [2.75, 3.05) is 27.2 Å². The molecule has 0 aliphatic carbocycles. The molecule has 2 fully saturated rings. The summed E-state index contributed by atoms with van der Waals surface area (Å²) in [6, 6.07) is 5.64. The molecule has 1 aromatic rings. The Hall–Kier alpha value is -3.76. The predicted octanol–water partition coefficient (Wildman–Crippen LogP) is 3.19. The lowest BCUT2D eigenvalue weighted by Gasteiger charge is -2.30. The van der Waals surface area contributed by atoms with Crippen molar-refractivity contribution in [1.29, 1.82) is 0 Å². The Kier molecular flexibility index (Phi) is 6.62. The van der Waals surface area contributed by atoms with Gasteiger partial charge in [0.1, 0.15) is 11.6 Å². The summed E-state index contributed by atoms with van der Waals surface area (Å²) in [7, 11) is 3.64. The van der Waals surface area contributed by atoms with Crippen LogP contribution in [0.15, 0.2) is 66.0 Å². The summed E-state index contributed by atoms with van der Waals surface area (Å²) in [5, 5.41) is 9.04. The van der Waals surface area contributed by atoms with E-state index in [0.29, 0.717) is 25.3 Å². The van der Waals surface area contributed by atoms with Gasteiger partial charge in [0.25, 0.3) is 0 Å². The van der Waals surface area contributed by atoms with Crippen LogP contribution in [-0.4, -0.2) is 49.6 Å². The number of carbonyl (C=O) groups is 1. The molecule has 1 aromatic carbocycles. The Balaban J connectivity index is 1.53. The number of allylic oxidation sites excluding steroid dienone is 1. The molecular formula is C27H31N5O2. The van der Waals surface area contributed by atoms with E-state index in [-0.39, 0.29) is 11.9 Å². The normalized spacial score (nSPS) is 23.5. The van der Waals surface area contributed by atoms with Crippen LogP contribution >= 0.6 is 0 Å². The molecule has 34 heavy (non-hydrogen) atoms. The molecular weight excluding hydrogens is 426 g/mol. The highest BCUT2D eigenvalue weighted by atomic mass is 16.5. The summed E-state index contributed by atoms with van der Waals surface area (Å²) in [6.45, 7) is 13.7. The van der Waals surface area contributed by atoms with Gasteiger partial charge in [-0.25, -0.2) is 4.79 Å². The number of nitrogens with zero attached hydrogens (tertiary/aromatic N) is 2. The average molecular weight is 458 g/mol. The molecule has 176 valence electrons. The quantitative estimate of drug-likeness (QED) is 0.574. The van der Waals surface area contributed by atoms with Crippen LogP contribution in [0.2, 0.25) is 0 Å². The fourth-order valence-corrected chi connectivity index (χ4v) is 4.42. The summed E-state index contributed by atoms with van der Waals surface area (Å²) in [5.74, 6) is 8.35. The van der Waals surface area contributed by atoms with Crippen molar-refractivity contribution in [3.05, 3.63) is 72.1 Å². The van der Waals surface area contributed by atoms with E-state index in [9.17, 15) is 4.79 Å². The molecule has 0 radical (unpaired) electrons. The summed E-state index contributed by atoms with van der Waals surface area (Å²) >= 11 is 0. The number of hydrogen-bond donors (Lipinski definition) is 3. The van der Waals surface area contributed by atoms with Crippen LogP contribution in [0.4, 0.5) is 4.79 Å². The number of amidine groups is 1. The maximum absolute atomic E-state index is 12.2. The number of urea groups is 1. The molecule has 0 aromatic heterocycles. The fourth-order valence-electron chi connectivity index (χ4n) is 4.42. The second kappa shape index (κ2) is 9.62. The van der Waals surface area contributed by atoms with Crippen molar-refractivity contribution < 1.29 is 9.53 Å². The number of dihydropyridines is 1. The van der Waals surface area contributed by atoms with Gasteiger partial charge in [0.15, 0.2) is 5.54 Å². The third kappa shape index (κ3) is 4.92. The molecule has 7 heteroatoms. The van der Waals surface area contributed by atoms with Gasteiger partial charge < -0.3 is 20.7 Å². The molecule has 3 heterocycles. The van der Waals surface area contributed by atoms with Crippen LogP contribution in [-0.2, 0) is 6.54 Å². The number of fused-ring (bicyclic) bond motifs is 1. The molecule has 4 rings (SSSR count). The van der Waals surface area contributed by atoms with Crippen molar-refractivity contribution in [2.45, 2.75) is 24.9 Å². The van der Waals surface area contributed by atoms with Crippen molar-refractivity contribution in [3.8, 4) is 17.6 Å². The number of likely N-dealkylation sites (N-methyl/N-ethyl adjacent to an activating group) is 1. The van der Waals surface area contributed by atoms with E-state index >= 15 is 0 Å². The standard InChI is InChI=1S/C27H31N5O2/c1-6-21-14-24(34-5)10-9-23(21)16-32(4)17-27(19(3)30-26(33)31-27)12-11-20-13-22-8-7-18(2)29-25(22)28-15-20/h6,9-10,13-14,20H,1-3,7-8,15-17H2,4-5H3,(H,28,29)(H2,30,31,33)/t20?,27-/m1/s1. The third-order valence-corrected chi connectivity index (χ3v) is 6.24. The lowest BCUT2D eigenvalue weighted by Crippen LogP contribution is -2.49. The van der Waals surface area contributed by atoms with Crippen LogP contribution in [0, 0.1) is 17.8 Å². The van der Waals surface area contributed by atoms with Gasteiger partial charge in [0, 0.05) is 18.8 Å². The minimum atomic E-state index is -0.895. The molecule has 0 saturated carbocycles. The van der Waals surface area contributed by atoms with E-state index < -0.39 is 5.54 Å². The van der Waals surface area contributed by atoms with Gasteiger partial charge in [0.2, 0.25) is 0 Å². The van der Waals surface area contributed by atoms with Crippen molar-refractivity contribution in [3.63, 3.8) is 0 Å². The Morgan fingerprint density at radius 2 is 2.15 bits per heavy atom. The van der Waals surface area contributed by atoms with Crippen molar-refractivity contribution in [1.82, 2.24) is 20.9 Å². The van der Waals surface area contributed by atoms with E-state index in [4.69, 9.17) is 4.74 Å². The summed E-state index contributed by atoms with van der Waals surface area (Å²) in [4.78, 5) is 19.0. The van der Waals surface area contributed by atoms with E-state index in [2.05, 4.69) is 63.5 Å². The molecule has 0 spiro atoms. The average Bonchev–Trinajstić information content (AvgIpc) is 3.10. The van der Waals surface area contributed by atoms with E-state index in [0.717, 1.165) is 41.3 Å². The molecule has 2 saturated heterocycles. The molecule has 3 N–H and O–H groups in total. The number of amides is 2. The molecule has 3 aliphatic heterocycles. The van der Waals surface area contributed by atoms with Crippen LogP contribution in [0.5, 0.6) is 5.75 Å². The summed E-state index contributed by atoms with van der Waals surface area (Å²) < 4.78 is 5.32. The minimum Gasteiger partial charge on any atom is -0.497 e. The SMILES string of the molecule is C=Cc1cc(OC)ccc1CN(C)C[C@@]1(C#CC2C=C3CCC(=C)NC3=NC2)NC(=O)NC1=C. The highest BCUT2D eigenvalue weighted by Gasteiger charge is 2.41. The first-order chi connectivity index (χ1) is 16.3. The molecule has 1 unspecified atom stereocenters. The summed E-state index contributed by atoms with van der Waals surface area (Å²) in [6.07, 6.45) is 5.80. The van der Waals surface area contributed by atoms with Gasteiger partial charge in [0.05, 0.1) is 25.3 Å². The number of rotatable bonds is 6. The van der Waals surface area contributed by atoms with Gasteiger partial charge in [-0.3, -0.25) is 9.89 Å². The van der Waals surface area contributed by atoms with Crippen molar-refractivity contribution >= 4 is 17.9 Å². The number of carbonyl (C=O) groups excluding carboxylic acids is 1. The minimum absolute atomic E-state index is 0.0200. The predicted molar refractivity (Wildman–Crippen MR) is 136 cm³/mol.